The number of esters is 1. The van der Waals surface area contributed by atoms with Crippen molar-refractivity contribution in [1.29, 1.82) is 0 Å². The number of barbiturate groups is 1. The molecule has 3 aromatic rings. The quantitative estimate of drug-likeness (QED) is 0.209. The van der Waals surface area contributed by atoms with Gasteiger partial charge in [-0.2, -0.15) is 0 Å². The van der Waals surface area contributed by atoms with Crippen LogP contribution in [-0.4, -0.2) is 30.4 Å². The summed E-state index contributed by atoms with van der Waals surface area (Å²) in [5.41, 5.74) is 1.15. The predicted molar refractivity (Wildman–Crippen MR) is 144 cm³/mol. The average molecular weight is 574 g/mol. The summed E-state index contributed by atoms with van der Waals surface area (Å²) in [4.78, 5) is 51.2. The summed E-state index contributed by atoms with van der Waals surface area (Å²) in [7, 11) is 0. The largest absolute Gasteiger partial charge is 0.488 e. The Hall–Kier alpha value is -3.85. The third-order valence-corrected chi connectivity index (χ3v) is 6.36. The van der Waals surface area contributed by atoms with Crippen LogP contribution in [0.3, 0.4) is 0 Å². The lowest BCUT2D eigenvalue weighted by Gasteiger charge is -2.26. The highest BCUT2D eigenvalue weighted by Gasteiger charge is 2.37. The number of nitrogens with one attached hydrogen (secondary N) is 1. The van der Waals surface area contributed by atoms with Gasteiger partial charge in [0, 0.05) is 10.6 Å². The fraction of sp³-hybridized carbons (Fsp3) is 0.111. The maximum absolute atomic E-state index is 13.3. The lowest BCUT2D eigenvalue weighted by atomic mass is 10.1. The molecule has 1 aliphatic heterocycles. The van der Waals surface area contributed by atoms with Gasteiger partial charge in [0.05, 0.1) is 27.9 Å². The molecule has 4 rings (SSSR count). The van der Waals surface area contributed by atoms with Crippen LogP contribution in [0.15, 0.2) is 66.2 Å². The van der Waals surface area contributed by atoms with E-state index >= 15 is 0 Å². The van der Waals surface area contributed by atoms with Crippen LogP contribution in [0.1, 0.15) is 28.4 Å². The minimum Gasteiger partial charge on any atom is -0.488 e. The molecule has 1 fully saturated rings. The van der Waals surface area contributed by atoms with Crippen molar-refractivity contribution < 1.29 is 28.7 Å². The molecule has 4 amide bonds. The molecule has 0 bridgehead atoms. The Bertz CT molecular complexity index is 1470. The van der Waals surface area contributed by atoms with Crippen LogP contribution in [0, 0.1) is 0 Å². The van der Waals surface area contributed by atoms with Gasteiger partial charge in [0.1, 0.15) is 17.9 Å². The second-order valence-corrected chi connectivity index (χ2v) is 9.20. The highest BCUT2D eigenvalue weighted by atomic mass is 35.5. The normalized spacial score (nSPS) is 14.5. The van der Waals surface area contributed by atoms with Crippen LogP contribution in [0.4, 0.5) is 10.5 Å². The lowest BCUT2D eigenvalue weighted by Crippen LogP contribution is -2.54. The molecular weight excluding hydrogens is 555 g/mol. The topological polar surface area (TPSA) is 102 Å². The second-order valence-electron chi connectivity index (χ2n) is 7.94. The number of imide groups is 2. The van der Waals surface area contributed by atoms with Gasteiger partial charge in [-0.1, -0.05) is 40.9 Å². The molecule has 0 radical (unpaired) electrons. The van der Waals surface area contributed by atoms with Gasteiger partial charge >= 0.3 is 12.0 Å². The fourth-order valence-electron chi connectivity index (χ4n) is 3.56. The molecule has 1 aliphatic rings. The van der Waals surface area contributed by atoms with Gasteiger partial charge in [0.2, 0.25) is 0 Å². The van der Waals surface area contributed by atoms with Gasteiger partial charge in [-0.05, 0) is 73.2 Å². The molecule has 1 heterocycles. The maximum Gasteiger partial charge on any atom is 0.338 e. The molecule has 0 atom stereocenters. The Morgan fingerprint density at radius 3 is 2.37 bits per heavy atom. The van der Waals surface area contributed by atoms with E-state index in [2.05, 4.69) is 5.32 Å². The number of carbonyl (C=O) groups excluding carboxylic acids is 4. The number of urea groups is 1. The van der Waals surface area contributed by atoms with Crippen LogP contribution in [0.5, 0.6) is 5.75 Å². The van der Waals surface area contributed by atoms with Gasteiger partial charge in [-0.15, -0.1) is 0 Å². The molecule has 38 heavy (non-hydrogen) atoms. The first-order chi connectivity index (χ1) is 18.2. The molecule has 1 saturated heterocycles. The van der Waals surface area contributed by atoms with E-state index in [1.54, 1.807) is 37.3 Å². The highest BCUT2D eigenvalue weighted by Crippen LogP contribution is 2.29. The molecule has 0 saturated carbocycles. The first-order valence-corrected chi connectivity index (χ1v) is 12.4. The summed E-state index contributed by atoms with van der Waals surface area (Å²) in [5, 5.41) is 3.27. The summed E-state index contributed by atoms with van der Waals surface area (Å²) in [6.07, 6.45) is 1.29. The molecular formula is C27H19Cl3N2O6. The van der Waals surface area contributed by atoms with Crippen LogP contribution in [0.2, 0.25) is 15.1 Å². The van der Waals surface area contributed by atoms with Gasteiger partial charge in [0.25, 0.3) is 11.8 Å². The second kappa shape index (κ2) is 11.7. The predicted octanol–water partition coefficient (Wildman–Crippen LogP) is 6.07. The fourth-order valence-corrected chi connectivity index (χ4v) is 4.06. The van der Waals surface area contributed by atoms with E-state index in [0.717, 1.165) is 10.5 Å². The summed E-state index contributed by atoms with van der Waals surface area (Å²) >= 11 is 18.2. The Balaban J connectivity index is 1.63. The molecule has 0 aromatic heterocycles. The first-order valence-electron chi connectivity index (χ1n) is 11.2. The minimum atomic E-state index is -0.928. The van der Waals surface area contributed by atoms with Crippen LogP contribution >= 0.6 is 34.8 Å². The van der Waals surface area contributed by atoms with Crippen molar-refractivity contribution in [2.75, 3.05) is 11.5 Å². The Morgan fingerprint density at radius 2 is 1.68 bits per heavy atom. The standard InChI is InChI=1S/C27H19Cl3N2O6/c1-2-37-26(35)16-4-7-19(8-5-16)32-25(34)20(24(33)31-27(32)36)13-17-12-18(28)6-10-23(17)38-14-15-3-9-21(29)22(30)11-15/h3-13H,2,14H2,1H3,(H,31,33,36)/b20-13+. The maximum atomic E-state index is 13.3. The average Bonchev–Trinajstić information content (AvgIpc) is 2.88. The molecule has 0 unspecified atom stereocenters. The third-order valence-electron chi connectivity index (χ3n) is 5.39. The van der Waals surface area contributed by atoms with Crippen molar-refractivity contribution in [3.8, 4) is 5.75 Å². The number of hydrogen-bond acceptors (Lipinski definition) is 6. The molecule has 0 spiro atoms. The minimum absolute atomic E-state index is 0.117. The Morgan fingerprint density at radius 1 is 0.947 bits per heavy atom. The summed E-state index contributed by atoms with van der Waals surface area (Å²) in [5.74, 6) is -1.96. The van der Waals surface area contributed by atoms with Crippen molar-refractivity contribution in [2.24, 2.45) is 0 Å². The SMILES string of the molecule is CCOC(=O)c1ccc(N2C(=O)NC(=O)/C(=C\c3cc(Cl)ccc3OCc3ccc(Cl)c(Cl)c3)C2=O)cc1. The smallest absolute Gasteiger partial charge is 0.338 e. The number of amides is 4. The summed E-state index contributed by atoms with van der Waals surface area (Å²) < 4.78 is 10.8. The van der Waals surface area contributed by atoms with Gasteiger partial charge < -0.3 is 9.47 Å². The van der Waals surface area contributed by atoms with E-state index in [0.29, 0.717) is 26.4 Å². The third kappa shape index (κ3) is 5.99. The zero-order chi connectivity index (χ0) is 27.4. The summed E-state index contributed by atoms with van der Waals surface area (Å²) in [6, 6.07) is 14.5. The number of halogens is 3. The number of carbonyl (C=O) groups is 4. The molecule has 0 aliphatic carbocycles. The molecule has 8 nitrogen and oxygen atoms in total. The first kappa shape index (κ1) is 27.2. The number of hydrogen-bond donors (Lipinski definition) is 1. The molecule has 3 aromatic carbocycles. The molecule has 194 valence electrons. The number of anilines is 1. The van der Waals surface area contributed by atoms with Gasteiger partial charge in [0.15, 0.2) is 0 Å². The van der Waals surface area contributed by atoms with Crippen molar-refractivity contribution >= 4 is 70.4 Å². The number of rotatable bonds is 7. The monoisotopic (exact) mass is 572 g/mol. The van der Waals surface area contributed by atoms with Crippen LogP contribution in [0.25, 0.3) is 6.08 Å². The Labute approximate surface area is 232 Å². The van der Waals surface area contributed by atoms with E-state index in [1.807, 2.05) is 0 Å². The summed E-state index contributed by atoms with van der Waals surface area (Å²) in [6.45, 7) is 2.00. The zero-order valence-electron chi connectivity index (χ0n) is 19.8. The number of ether oxygens (including phenoxy) is 2. The zero-order valence-corrected chi connectivity index (χ0v) is 22.1. The van der Waals surface area contributed by atoms with E-state index in [-0.39, 0.29) is 30.0 Å². The van der Waals surface area contributed by atoms with Crippen molar-refractivity contribution in [3.05, 3.63) is 98.0 Å². The highest BCUT2D eigenvalue weighted by molar-refractivity contribution is 6.42. The van der Waals surface area contributed by atoms with E-state index in [4.69, 9.17) is 44.3 Å². The number of benzene rings is 3. The van der Waals surface area contributed by atoms with Gasteiger partial charge in [-0.3, -0.25) is 14.9 Å². The molecule has 1 N–H and O–H groups in total. The lowest BCUT2D eigenvalue weighted by molar-refractivity contribution is -0.122. The van der Waals surface area contributed by atoms with E-state index < -0.39 is 23.8 Å². The van der Waals surface area contributed by atoms with Crippen LogP contribution < -0.4 is 15.0 Å². The number of nitrogens with zero attached hydrogens (tertiary/aromatic N) is 1. The van der Waals surface area contributed by atoms with Gasteiger partial charge in [-0.25, -0.2) is 14.5 Å². The van der Waals surface area contributed by atoms with Crippen molar-refractivity contribution in [3.63, 3.8) is 0 Å². The Kier molecular flexibility index (Phi) is 8.36. The van der Waals surface area contributed by atoms with Crippen molar-refractivity contribution in [1.82, 2.24) is 5.32 Å². The molecule has 11 heteroatoms. The van der Waals surface area contributed by atoms with E-state index in [9.17, 15) is 19.2 Å². The van der Waals surface area contributed by atoms with Crippen molar-refractivity contribution in [2.45, 2.75) is 13.5 Å². The van der Waals surface area contributed by atoms with E-state index in [1.165, 1.54) is 36.4 Å². The van der Waals surface area contributed by atoms with Crippen LogP contribution in [-0.2, 0) is 20.9 Å².